The van der Waals surface area contributed by atoms with Crippen molar-refractivity contribution < 1.29 is 28.6 Å². The number of nitrogens with zero attached hydrogens (tertiary/aromatic N) is 4. The van der Waals surface area contributed by atoms with Crippen LogP contribution in [0.1, 0.15) is 52.8 Å². The Hall–Kier alpha value is -2.49. The molecule has 2 aliphatic rings. The van der Waals surface area contributed by atoms with E-state index in [4.69, 9.17) is 9.15 Å². The molecule has 1 aromatic heterocycles. The van der Waals surface area contributed by atoms with Gasteiger partial charge in [0, 0.05) is 6.54 Å². The van der Waals surface area contributed by atoms with Crippen molar-refractivity contribution in [2.75, 3.05) is 13.1 Å². The number of carbonyl (C=O) groups is 3. The van der Waals surface area contributed by atoms with Crippen molar-refractivity contribution in [1.82, 2.24) is 20.0 Å². The number of rotatable bonds is 6. The highest BCUT2D eigenvalue weighted by molar-refractivity contribution is 5.98. The summed E-state index contributed by atoms with van der Waals surface area (Å²) < 4.78 is 10.4. The van der Waals surface area contributed by atoms with Gasteiger partial charge in [0.25, 0.3) is 5.91 Å². The fraction of sp³-hybridized carbons (Fsp3) is 0.737. The van der Waals surface area contributed by atoms with Crippen LogP contribution in [0.5, 0.6) is 0 Å². The van der Waals surface area contributed by atoms with Gasteiger partial charge < -0.3 is 24.1 Å². The summed E-state index contributed by atoms with van der Waals surface area (Å²) in [5.74, 6) is -1.76. The summed E-state index contributed by atoms with van der Waals surface area (Å²) in [6.07, 6.45) is 1.16. The average molecular weight is 408 g/mol. The molecule has 2 aliphatic heterocycles. The number of esters is 1. The van der Waals surface area contributed by atoms with Crippen LogP contribution in [0, 0.1) is 5.92 Å². The van der Waals surface area contributed by atoms with Crippen LogP contribution in [0.3, 0.4) is 0 Å². The lowest BCUT2D eigenvalue weighted by Gasteiger charge is -2.51. The van der Waals surface area contributed by atoms with Crippen molar-refractivity contribution in [2.24, 2.45) is 5.92 Å². The first kappa shape index (κ1) is 21.2. The van der Waals surface area contributed by atoms with Gasteiger partial charge in [-0.05, 0) is 40.5 Å². The third-order valence-corrected chi connectivity index (χ3v) is 5.33. The van der Waals surface area contributed by atoms with Crippen LogP contribution in [0.15, 0.2) is 10.8 Å². The molecule has 1 spiro atoms. The molecule has 0 aliphatic carbocycles. The van der Waals surface area contributed by atoms with Crippen molar-refractivity contribution in [3.63, 3.8) is 0 Å². The van der Waals surface area contributed by atoms with Gasteiger partial charge in [-0.15, -0.1) is 10.2 Å². The number of hydrogen-bond acceptors (Lipinski definition) is 8. The van der Waals surface area contributed by atoms with Gasteiger partial charge in [0.1, 0.15) is 11.1 Å². The fourth-order valence-corrected chi connectivity index (χ4v) is 4.03. The smallest absolute Gasteiger partial charge is 0.307 e. The first-order valence-electron chi connectivity index (χ1n) is 9.79. The maximum atomic E-state index is 13.2. The topological polar surface area (TPSA) is 126 Å². The Bertz CT molecular complexity index is 772. The molecule has 3 unspecified atom stereocenters. The Morgan fingerprint density at radius 2 is 2.14 bits per heavy atom. The summed E-state index contributed by atoms with van der Waals surface area (Å²) in [6, 6.07) is 0. The van der Waals surface area contributed by atoms with E-state index in [1.165, 1.54) is 18.2 Å². The van der Waals surface area contributed by atoms with Crippen LogP contribution in [0.2, 0.25) is 0 Å². The molecule has 0 bridgehead atoms. The van der Waals surface area contributed by atoms with Gasteiger partial charge in [0.2, 0.25) is 18.2 Å². The van der Waals surface area contributed by atoms with Crippen molar-refractivity contribution in [2.45, 2.75) is 70.7 Å². The molecule has 3 heterocycles. The third kappa shape index (κ3) is 4.26. The van der Waals surface area contributed by atoms with Gasteiger partial charge in [0.05, 0.1) is 31.5 Å². The van der Waals surface area contributed by atoms with E-state index in [1.54, 1.807) is 25.7 Å². The second-order valence-corrected chi connectivity index (χ2v) is 8.76. The fourth-order valence-electron chi connectivity index (χ4n) is 4.03. The molecule has 160 valence electrons. The average Bonchev–Trinajstić information content (AvgIpc) is 3.27. The summed E-state index contributed by atoms with van der Waals surface area (Å²) in [6.45, 7) is 7.66. The van der Waals surface area contributed by atoms with E-state index in [0.717, 1.165) is 0 Å². The van der Waals surface area contributed by atoms with Gasteiger partial charge in [-0.3, -0.25) is 14.4 Å². The molecule has 0 aromatic carbocycles. The predicted molar refractivity (Wildman–Crippen MR) is 99.0 cm³/mol. The Morgan fingerprint density at radius 1 is 1.41 bits per heavy atom. The zero-order valence-corrected chi connectivity index (χ0v) is 17.3. The van der Waals surface area contributed by atoms with E-state index >= 15 is 0 Å². The van der Waals surface area contributed by atoms with Crippen molar-refractivity contribution in [1.29, 1.82) is 0 Å². The Balaban J connectivity index is 1.69. The summed E-state index contributed by atoms with van der Waals surface area (Å²) in [5.41, 5.74) is -1.60. The molecule has 10 nitrogen and oxygen atoms in total. The molecule has 2 saturated heterocycles. The third-order valence-electron chi connectivity index (χ3n) is 5.33. The number of amides is 2. The van der Waals surface area contributed by atoms with Crippen LogP contribution < -0.4 is 0 Å². The first-order valence-corrected chi connectivity index (χ1v) is 9.79. The van der Waals surface area contributed by atoms with Crippen LogP contribution in [0.25, 0.3) is 0 Å². The molecule has 3 atom stereocenters. The van der Waals surface area contributed by atoms with E-state index in [-0.39, 0.29) is 18.9 Å². The van der Waals surface area contributed by atoms with Crippen molar-refractivity contribution >= 4 is 17.8 Å². The number of hydrogen-bond donors (Lipinski definition) is 1. The highest BCUT2D eigenvalue weighted by atomic mass is 16.6. The molecule has 29 heavy (non-hydrogen) atoms. The normalized spacial score (nSPS) is 23.8. The number of β-lactam (4-membered cyclic amide) rings is 1. The summed E-state index contributed by atoms with van der Waals surface area (Å²) in [5, 5.41) is 17.5. The molecule has 1 N–H and O–H groups in total. The monoisotopic (exact) mass is 408 g/mol. The van der Waals surface area contributed by atoms with Crippen LogP contribution in [-0.4, -0.2) is 73.2 Å². The van der Waals surface area contributed by atoms with Gasteiger partial charge >= 0.3 is 5.97 Å². The lowest BCUT2D eigenvalue weighted by molar-refractivity contribution is -0.173. The van der Waals surface area contributed by atoms with E-state index in [0.29, 0.717) is 31.8 Å². The molecule has 2 fully saturated rings. The molecule has 0 radical (unpaired) electrons. The quantitative estimate of drug-likeness (QED) is 0.533. The molecule has 3 rings (SSSR count). The van der Waals surface area contributed by atoms with Crippen molar-refractivity contribution in [3.8, 4) is 0 Å². The van der Waals surface area contributed by atoms with Crippen LogP contribution in [0.4, 0.5) is 0 Å². The highest BCUT2D eigenvalue weighted by Gasteiger charge is 2.60. The second-order valence-electron chi connectivity index (χ2n) is 8.76. The first-order chi connectivity index (χ1) is 13.5. The van der Waals surface area contributed by atoms with Gasteiger partial charge in [-0.1, -0.05) is 0 Å². The standard InChI is InChI=1S/C19H28N4O6/c1-12(24)13(8-15(25)29-18(2,3)4)16(26)23-7-5-6-19(23)10-22(17(19)27)9-14-21-20-11-28-14/h11-13,24H,5-10H2,1-4H3. The number of likely N-dealkylation sites (tertiary alicyclic amines) is 2. The largest absolute Gasteiger partial charge is 0.460 e. The Morgan fingerprint density at radius 3 is 2.69 bits per heavy atom. The summed E-state index contributed by atoms with van der Waals surface area (Å²) in [7, 11) is 0. The van der Waals surface area contributed by atoms with E-state index < -0.39 is 35.0 Å². The second kappa shape index (κ2) is 7.74. The minimum atomic E-state index is -1.04. The molecule has 2 amide bonds. The van der Waals surface area contributed by atoms with Gasteiger partial charge in [-0.2, -0.15) is 0 Å². The zero-order chi connectivity index (χ0) is 21.4. The van der Waals surface area contributed by atoms with E-state index in [2.05, 4.69) is 10.2 Å². The zero-order valence-electron chi connectivity index (χ0n) is 17.3. The maximum Gasteiger partial charge on any atom is 0.307 e. The molecule has 0 saturated carbocycles. The number of aliphatic hydroxyl groups excluding tert-OH is 1. The molecule has 1 aromatic rings. The van der Waals surface area contributed by atoms with E-state index in [9.17, 15) is 19.5 Å². The SMILES string of the molecule is CC(O)C(CC(=O)OC(C)(C)C)C(=O)N1CCCC12CN(Cc1nnco1)C2=O. The number of aromatic nitrogens is 2. The van der Waals surface area contributed by atoms with Crippen LogP contribution >= 0.6 is 0 Å². The molecular formula is C19H28N4O6. The molecule has 10 heteroatoms. The lowest BCUT2D eigenvalue weighted by atomic mass is 9.84. The lowest BCUT2D eigenvalue weighted by Crippen LogP contribution is -2.73. The maximum absolute atomic E-state index is 13.2. The minimum Gasteiger partial charge on any atom is -0.460 e. The van der Waals surface area contributed by atoms with Crippen molar-refractivity contribution in [3.05, 3.63) is 12.3 Å². The number of aliphatic hydroxyl groups is 1. The molecular weight excluding hydrogens is 380 g/mol. The Kier molecular flexibility index (Phi) is 5.66. The van der Waals surface area contributed by atoms with E-state index in [1.807, 2.05) is 0 Å². The number of ether oxygens (including phenoxy) is 1. The predicted octanol–water partition coefficient (Wildman–Crippen LogP) is 0.502. The number of carbonyl (C=O) groups excluding carboxylic acids is 3. The summed E-state index contributed by atoms with van der Waals surface area (Å²) in [4.78, 5) is 41.4. The van der Waals surface area contributed by atoms with Gasteiger partial charge in [-0.25, -0.2) is 0 Å². The van der Waals surface area contributed by atoms with Crippen LogP contribution in [-0.2, 0) is 25.7 Å². The highest BCUT2D eigenvalue weighted by Crippen LogP contribution is 2.41. The summed E-state index contributed by atoms with van der Waals surface area (Å²) >= 11 is 0. The minimum absolute atomic E-state index is 0.178. The Labute approximate surface area is 169 Å². The van der Waals surface area contributed by atoms with Gasteiger partial charge in [0.15, 0.2) is 0 Å².